The van der Waals surface area contributed by atoms with E-state index in [4.69, 9.17) is 4.74 Å². The molecule has 2 aliphatic rings. The van der Waals surface area contributed by atoms with E-state index in [9.17, 15) is 13.2 Å². The molecule has 1 aromatic rings. The molecular formula is C18H26N2O4S. The molecule has 0 spiro atoms. The Morgan fingerprint density at radius 2 is 1.88 bits per heavy atom. The minimum Gasteiger partial charge on any atom is -0.379 e. The molecule has 1 saturated heterocycles. The van der Waals surface area contributed by atoms with E-state index in [0.717, 1.165) is 12.8 Å². The van der Waals surface area contributed by atoms with Crippen molar-refractivity contribution in [2.75, 3.05) is 38.6 Å². The molecular weight excluding hydrogens is 340 g/mol. The maximum Gasteiger partial charge on any atom is 0.220 e. The minimum absolute atomic E-state index is 0.0574. The zero-order valence-electron chi connectivity index (χ0n) is 14.4. The van der Waals surface area contributed by atoms with Crippen molar-refractivity contribution in [2.45, 2.75) is 25.2 Å². The second-order valence-corrected chi connectivity index (χ2v) is 8.82. The van der Waals surface area contributed by atoms with E-state index in [0.29, 0.717) is 38.6 Å². The van der Waals surface area contributed by atoms with Crippen LogP contribution in [0.5, 0.6) is 0 Å². The van der Waals surface area contributed by atoms with Crippen molar-refractivity contribution >= 4 is 15.9 Å². The van der Waals surface area contributed by atoms with E-state index < -0.39 is 10.0 Å². The Morgan fingerprint density at radius 3 is 2.52 bits per heavy atom. The highest BCUT2D eigenvalue weighted by Gasteiger charge is 2.33. The summed E-state index contributed by atoms with van der Waals surface area (Å²) >= 11 is 0. The van der Waals surface area contributed by atoms with Crippen LogP contribution in [-0.2, 0) is 19.6 Å². The van der Waals surface area contributed by atoms with Gasteiger partial charge >= 0.3 is 0 Å². The van der Waals surface area contributed by atoms with Gasteiger partial charge in [-0.1, -0.05) is 30.3 Å². The fourth-order valence-corrected chi connectivity index (χ4v) is 4.62. The number of carbonyl (C=O) groups is 1. The molecule has 1 aliphatic heterocycles. The predicted molar refractivity (Wildman–Crippen MR) is 95.7 cm³/mol. The van der Waals surface area contributed by atoms with Gasteiger partial charge in [-0.25, -0.2) is 8.42 Å². The van der Waals surface area contributed by atoms with Gasteiger partial charge in [0.1, 0.15) is 0 Å². The number of benzene rings is 1. The summed E-state index contributed by atoms with van der Waals surface area (Å²) in [5.41, 5.74) is 1.20. The average Bonchev–Trinajstić information content (AvgIpc) is 3.46. The summed E-state index contributed by atoms with van der Waals surface area (Å²) in [5, 5.41) is 2.78. The number of hydrogen-bond acceptors (Lipinski definition) is 4. The first-order valence-electron chi connectivity index (χ1n) is 8.93. The number of sulfonamides is 1. The summed E-state index contributed by atoms with van der Waals surface area (Å²) in [6, 6.07) is 10.1. The summed E-state index contributed by atoms with van der Waals surface area (Å²) in [5.74, 6) is 0.679. The average molecular weight is 366 g/mol. The molecule has 7 heteroatoms. The molecule has 0 radical (unpaired) electrons. The van der Waals surface area contributed by atoms with Crippen LogP contribution in [0, 0.1) is 5.92 Å². The highest BCUT2D eigenvalue weighted by atomic mass is 32.2. The first-order valence-corrected chi connectivity index (χ1v) is 10.5. The Bertz CT molecular complexity index is 668. The van der Waals surface area contributed by atoms with Gasteiger partial charge in [-0.2, -0.15) is 4.31 Å². The van der Waals surface area contributed by atoms with Gasteiger partial charge in [-0.15, -0.1) is 0 Å². The van der Waals surface area contributed by atoms with Gasteiger partial charge in [-0.3, -0.25) is 4.79 Å². The van der Waals surface area contributed by atoms with E-state index in [-0.39, 0.29) is 24.1 Å². The standard InChI is InChI=1S/C18H26N2O4S/c21-18(14-17(16-6-7-16)15-4-2-1-3-5-15)19-8-13-25(22,23)20-9-11-24-12-10-20/h1-5,16-17H,6-14H2,(H,19,21). The summed E-state index contributed by atoms with van der Waals surface area (Å²) < 4.78 is 31.1. The molecule has 0 aromatic heterocycles. The third-order valence-electron chi connectivity index (χ3n) is 4.87. The molecule has 1 heterocycles. The van der Waals surface area contributed by atoms with Crippen LogP contribution in [0.2, 0.25) is 0 Å². The topological polar surface area (TPSA) is 75.7 Å². The van der Waals surface area contributed by atoms with Crippen LogP contribution in [0.1, 0.15) is 30.7 Å². The number of carbonyl (C=O) groups excluding carboxylic acids is 1. The van der Waals surface area contributed by atoms with Crippen molar-refractivity contribution in [3.05, 3.63) is 35.9 Å². The number of rotatable bonds is 8. The zero-order valence-corrected chi connectivity index (χ0v) is 15.2. The molecule has 1 aromatic carbocycles. The number of morpholine rings is 1. The van der Waals surface area contributed by atoms with Crippen LogP contribution < -0.4 is 5.32 Å². The van der Waals surface area contributed by atoms with Gasteiger partial charge in [0.2, 0.25) is 15.9 Å². The highest BCUT2D eigenvalue weighted by molar-refractivity contribution is 7.89. The maximum absolute atomic E-state index is 12.3. The van der Waals surface area contributed by atoms with E-state index >= 15 is 0 Å². The second-order valence-electron chi connectivity index (χ2n) is 6.74. The molecule has 1 saturated carbocycles. The summed E-state index contributed by atoms with van der Waals surface area (Å²) in [6.45, 7) is 1.82. The van der Waals surface area contributed by atoms with Crippen molar-refractivity contribution in [3.8, 4) is 0 Å². The highest BCUT2D eigenvalue weighted by Crippen LogP contribution is 2.44. The summed E-state index contributed by atoms with van der Waals surface area (Å²) in [6.07, 6.45) is 2.75. The maximum atomic E-state index is 12.3. The van der Waals surface area contributed by atoms with Gasteiger partial charge in [-0.05, 0) is 30.2 Å². The lowest BCUT2D eigenvalue weighted by Gasteiger charge is -2.26. The van der Waals surface area contributed by atoms with Gasteiger partial charge in [0.15, 0.2) is 0 Å². The predicted octanol–water partition coefficient (Wildman–Crippen LogP) is 1.35. The first kappa shape index (κ1) is 18.4. The van der Waals surface area contributed by atoms with Crippen LogP contribution in [0.25, 0.3) is 0 Å². The molecule has 2 fully saturated rings. The number of nitrogens with zero attached hydrogens (tertiary/aromatic N) is 1. The fourth-order valence-electron chi connectivity index (χ4n) is 3.30. The largest absolute Gasteiger partial charge is 0.379 e. The lowest BCUT2D eigenvalue weighted by molar-refractivity contribution is -0.121. The van der Waals surface area contributed by atoms with Crippen molar-refractivity contribution in [1.82, 2.24) is 9.62 Å². The Labute approximate surface area is 149 Å². The molecule has 1 amide bonds. The lowest BCUT2D eigenvalue weighted by Crippen LogP contribution is -2.43. The minimum atomic E-state index is -3.33. The molecule has 25 heavy (non-hydrogen) atoms. The SMILES string of the molecule is O=C(CC(c1ccccc1)C1CC1)NCCS(=O)(=O)N1CCOCC1. The third-order valence-corrected chi connectivity index (χ3v) is 6.74. The Balaban J connectivity index is 1.47. The Morgan fingerprint density at radius 1 is 1.20 bits per heavy atom. The third kappa shape index (κ3) is 5.26. The van der Waals surface area contributed by atoms with Crippen LogP contribution >= 0.6 is 0 Å². The van der Waals surface area contributed by atoms with E-state index in [2.05, 4.69) is 17.4 Å². The molecule has 1 unspecified atom stereocenters. The molecule has 6 nitrogen and oxygen atoms in total. The Kier molecular flexibility index (Phi) is 6.09. The number of hydrogen-bond donors (Lipinski definition) is 1. The number of nitrogens with one attached hydrogen (secondary N) is 1. The lowest BCUT2D eigenvalue weighted by atomic mass is 9.91. The normalized spacial score (nSPS) is 20.2. The van der Waals surface area contributed by atoms with E-state index in [1.54, 1.807) is 0 Å². The van der Waals surface area contributed by atoms with E-state index in [1.165, 1.54) is 9.87 Å². The fraction of sp³-hybridized carbons (Fsp3) is 0.611. The van der Waals surface area contributed by atoms with Crippen molar-refractivity contribution in [3.63, 3.8) is 0 Å². The number of amides is 1. The van der Waals surface area contributed by atoms with Gasteiger partial charge in [0.05, 0.1) is 19.0 Å². The quantitative estimate of drug-likeness (QED) is 0.753. The van der Waals surface area contributed by atoms with Crippen molar-refractivity contribution < 1.29 is 17.9 Å². The summed E-state index contributed by atoms with van der Waals surface area (Å²) in [7, 11) is -3.33. The molecule has 3 rings (SSSR count). The molecule has 1 atom stereocenters. The van der Waals surface area contributed by atoms with Gasteiger partial charge in [0, 0.05) is 26.1 Å². The monoisotopic (exact) mass is 366 g/mol. The van der Waals surface area contributed by atoms with Crippen molar-refractivity contribution in [2.24, 2.45) is 5.92 Å². The first-order chi connectivity index (χ1) is 12.1. The van der Waals surface area contributed by atoms with Crippen LogP contribution in [-0.4, -0.2) is 57.2 Å². The summed E-state index contributed by atoms with van der Waals surface area (Å²) in [4.78, 5) is 12.3. The second kappa shape index (κ2) is 8.29. The van der Waals surface area contributed by atoms with Gasteiger partial charge < -0.3 is 10.1 Å². The smallest absolute Gasteiger partial charge is 0.220 e. The van der Waals surface area contributed by atoms with Crippen LogP contribution in [0.4, 0.5) is 0 Å². The Hall–Kier alpha value is -1.44. The number of ether oxygens (including phenoxy) is 1. The van der Waals surface area contributed by atoms with Crippen LogP contribution in [0.15, 0.2) is 30.3 Å². The molecule has 138 valence electrons. The van der Waals surface area contributed by atoms with Gasteiger partial charge in [0.25, 0.3) is 0 Å². The molecule has 0 bridgehead atoms. The molecule has 1 aliphatic carbocycles. The van der Waals surface area contributed by atoms with E-state index in [1.807, 2.05) is 18.2 Å². The molecule has 1 N–H and O–H groups in total. The van der Waals surface area contributed by atoms with Crippen molar-refractivity contribution in [1.29, 1.82) is 0 Å². The zero-order chi connectivity index (χ0) is 17.7. The van der Waals surface area contributed by atoms with Crippen LogP contribution in [0.3, 0.4) is 0 Å².